The molecule has 33 heavy (non-hydrogen) atoms. The lowest BCUT2D eigenvalue weighted by molar-refractivity contribution is 0.104. The summed E-state index contributed by atoms with van der Waals surface area (Å²) in [4.78, 5) is 26.0. The molecule has 7 heteroatoms. The van der Waals surface area contributed by atoms with Crippen molar-refractivity contribution in [3.05, 3.63) is 101 Å². The number of fused-ring (bicyclic) bond motifs is 2. The molecule has 0 amide bonds. The number of aromatic nitrogens is 3. The lowest BCUT2D eigenvalue weighted by Crippen LogP contribution is -2.10. The molecule has 1 aromatic heterocycles. The molecular weight excluding hydrogens is 434 g/mol. The molecule has 6 nitrogen and oxygen atoms in total. The van der Waals surface area contributed by atoms with Crippen LogP contribution in [-0.2, 0) is 0 Å². The van der Waals surface area contributed by atoms with Gasteiger partial charge >= 0.3 is 0 Å². The van der Waals surface area contributed by atoms with Gasteiger partial charge in [-0.25, -0.2) is 0 Å². The SMILES string of the molecule is O=C1c2ccccc2-c2ccc(Nc3nc(Cl)nc(Nc4ccccc4)n3)c3cccc1c23. The van der Waals surface area contributed by atoms with Gasteiger partial charge in [-0.15, -0.1) is 0 Å². The van der Waals surface area contributed by atoms with E-state index in [9.17, 15) is 4.79 Å². The monoisotopic (exact) mass is 449 g/mol. The maximum atomic E-state index is 13.1. The highest BCUT2D eigenvalue weighted by Gasteiger charge is 2.25. The zero-order valence-electron chi connectivity index (χ0n) is 17.2. The summed E-state index contributed by atoms with van der Waals surface area (Å²) in [5.41, 5.74) is 4.99. The number of benzene rings is 4. The zero-order chi connectivity index (χ0) is 22.4. The molecule has 4 aromatic carbocycles. The number of nitrogens with zero attached hydrogens (tertiary/aromatic N) is 3. The van der Waals surface area contributed by atoms with Gasteiger partial charge in [0.15, 0.2) is 5.78 Å². The van der Waals surface area contributed by atoms with Crippen LogP contribution >= 0.6 is 11.6 Å². The molecule has 0 atom stereocenters. The predicted molar refractivity (Wildman–Crippen MR) is 131 cm³/mol. The number of hydrogen-bond acceptors (Lipinski definition) is 6. The van der Waals surface area contributed by atoms with Crippen LogP contribution in [0, 0.1) is 0 Å². The summed E-state index contributed by atoms with van der Waals surface area (Å²) in [6, 6.07) is 27.0. The fourth-order valence-electron chi connectivity index (χ4n) is 4.22. The molecule has 1 heterocycles. The number of carbonyl (C=O) groups excluding carboxylic acids is 1. The zero-order valence-corrected chi connectivity index (χ0v) is 18.0. The average molecular weight is 450 g/mol. The van der Waals surface area contributed by atoms with Crippen LogP contribution in [0.3, 0.4) is 0 Å². The minimum atomic E-state index is 0.0263. The molecule has 0 aliphatic heterocycles. The number of nitrogens with one attached hydrogen (secondary N) is 2. The van der Waals surface area contributed by atoms with Gasteiger partial charge in [0.25, 0.3) is 0 Å². The molecular formula is C26H16ClN5O. The molecule has 0 saturated carbocycles. The first-order chi connectivity index (χ1) is 16.2. The molecule has 0 unspecified atom stereocenters. The highest BCUT2D eigenvalue weighted by Crippen LogP contribution is 2.42. The van der Waals surface area contributed by atoms with Crippen LogP contribution in [-0.4, -0.2) is 20.7 Å². The molecule has 1 aliphatic carbocycles. The Kier molecular flexibility index (Phi) is 4.52. The summed E-state index contributed by atoms with van der Waals surface area (Å²) < 4.78 is 0. The highest BCUT2D eigenvalue weighted by molar-refractivity contribution is 6.28. The molecule has 0 fully saturated rings. The Labute approximate surface area is 194 Å². The van der Waals surface area contributed by atoms with Crippen molar-refractivity contribution in [2.75, 3.05) is 10.6 Å². The molecule has 2 N–H and O–H groups in total. The van der Waals surface area contributed by atoms with E-state index in [2.05, 4.69) is 25.6 Å². The quantitative estimate of drug-likeness (QED) is 0.325. The summed E-state index contributed by atoms with van der Waals surface area (Å²) in [5, 5.41) is 8.27. The number of hydrogen-bond donors (Lipinski definition) is 2. The van der Waals surface area contributed by atoms with Gasteiger partial charge in [-0.2, -0.15) is 15.0 Å². The lowest BCUT2D eigenvalue weighted by atomic mass is 9.82. The Morgan fingerprint density at radius 1 is 0.606 bits per heavy atom. The van der Waals surface area contributed by atoms with E-state index < -0.39 is 0 Å². The van der Waals surface area contributed by atoms with E-state index in [1.165, 1.54) is 0 Å². The first-order valence-corrected chi connectivity index (χ1v) is 10.8. The van der Waals surface area contributed by atoms with Gasteiger partial charge in [-0.05, 0) is 40.9 Å². The second kappa shape index (κ2) is 7.69. The standard InChI is InChI=1S/C26H16ClN5O/c27-24-30-25(28-15-7-2-1-3-8-15)32-26(31-24)29-21-14-13-17-16-9-4-5-10-18(16)23(33)20-12-6-11-19(21)22(17)20/h1-14H,(H2,28,29,30,31,32). The minimum Gasteiger partial charge on any atom is -0.324 e. The van der Waals surface area contributed by atoms with E-state index >= 15 is 0 Å². The van der Waals surface area contributed by atoms with Crippen LogP contribution in [0.5, 0.6) is 0 Å². The smallest absolute Gasteiger partial charge is 0.233 e. The molecule has 1 aliphatic rings. The Bertz CT molecular complexity index is 1550. The second-order valence-electron chi connectivity index (χ2n) is 7.63. The fraction of sp³-hybridized carbons (Fsp3) is 0. The topological polar surface area (TPSA) is 79.8 Å². The van der Waals surface area contributed by atoms with E-state index in [4.69, 9.17) is 11.6 Å². The van der Waals surface area contributed by atoms with Crippen molar-refractivity contribution in [1.82, 2.24) is 15.0 Å². The van der Waals surface area contributed by atoms with Crippen LogP contribution in [0.2, 0.25) is 5.28 Å². The molecule has 0 bridgehead atoms. The summed E-state index contributed by atoms with van der Waals surface area (Å²) in [5.74, 6) is 0.658. The van der Waals surface area contributed by atoms with Gasteiger partial charge < -0.3 is 10.6 Å². The molecule has 0 saturated heterocycles. The van der Waals surface area contributed by atoms with E-state index in [-0.39, 0.29) is 11.1 Å². The summed E-state index contributed by atoms with van der Waals surface area (Å²) >= 11 is 6.17. The number of ketones is 1. The molecule has 5 aromatic rings. The maximum absolute atomic E-state index is 13.1. The van der Waals surface area contributed by atoms with E-state index in [1.807, 2.05) is 84.9 Å². The third-order valence-corrected chi connectivity index (χ3v) is 5.80. The Morgan fingerprint density at radius 2 is 1.30 bits per heavy atom. The summed E-state index contributed by atoms with van der Waals surface area (Å²) in [6.45, 7) is 0. The van der Waals surface area contributed by atoms with Crippen molar-refractivity contribution in [1.29, 1.82) is 0 Å². The first kappa shape index (κ1) is 19.4. The lowest BCUT2D eigenvalue weighted by Gasteiger charge is -2.21. The highest BCUT2D eigenvalue weighted by atomic mass is 35.5. The normalized spacial score (nSPS) is 11.8. The van der Waals surface area contributed by atoms with Crippen molar-refractivity contribution >= 4 is 51.4 Å². The number of anilines is 4. The van der Waals surface area contributed by atoms with Crippen LogP contribution in [0.25, 0.3) is 21.9 Å². The van der Waals surface area contributed by atoms with Crippen molar-refractivity contribution in [3.8, 4) is 11.1 Å². The van der Waals surface area contributed by atoms with E-state index in [0.717, 1.165) is 38.8 Å². The van der Waals surface area contributed by atoms with Crippen LogP contribution in [0.15, 0.2) is 84.9 Å². The minimum absolute atomic E-state index is 0.0263. The molecule has 0 radical (unpaired) electrons. The average Bonchev–Trinajstić information content (AvgIpc) is 2.83. The largest absolute Gasteiger partial charge is 0.324 e. The van der Waals surface area contributed by atoms with Crippen molar-refractivity contribution in [2.24, 2.45) is 0 Å². The predicted octanol–water partition coefficient (Wildman–Crippen LogP) is 6.38. The van der Waals surface area contributed by atoms with Gasteiger partial charge in [0.05, 0.1) is 0 Å². The molecule has 6 rings (SSSR count). The number of rotatable bonds is 4. The number of para-hydroxylation sites is 1. The third-order valence-electron chi connectivity index (χ3n) is 5.63. The van der Waals surface area contributed by atoms with Crippen LogP contribution in [0.4, 0.5) is 23.3 Å². The first-order valence-electron chi connectivity index (χ1n) is 10.4. The Morgan fingerprint density at radius 3 is 2.12 bits per heavy atom. The van der Waals surface area contributed by atoms with Gasteiger partial charge in [-0.3, -0.25) is 4.79 Å². The summed E-state index contributed by atoms with van der Waals surface area (Å²) in [6.07, 6.45) is 0. The van der Waals surface area contributed by atoms with E-state index in [0.29, 0.717) is 17.5 Å². The third kappa shape index (κ3) is 3.37. The summed E-state index contributed by atoms with van der Waals surface area (Å²) in [7, 11) is 0. The number of carbonyl (C=O) groups is 1. The van der Waals surface area contributed by atoms with Crippen molar-refractivity contribution in [2.45, 2.75) is 0 Å². The van der Waals surface area contributed by atoms with Crippen LogP contribution < -0.4 is 10.6 Å². The number of halogens is 1. The van der Waals surface area contributed by atoms with Crippen molar-refractivity contribution in [3.63, 3.8) is 0 Å². The van der Waals surface area contributed by atoms with E-state index in [1.54, 1.807) is 0 Å². The van der Waals surface area contributed by atoms with Gasteiger partial charge in [0.1, 0.15) is 0 Å². The van der Waals surface area contributed by atoms with Gasteiger partial charge in [-0.1, -0.05) is 66.7 Å². The molecule has 0 spiro atoms. The van der Waals surface area contributed by atoms with Gasteiger partial charge in [0.2, 0.25) is 17.2 Å². The second-order valence-corrected chi connectivity index (χ2v) is 7.97. The molecule has 158 valence electrons. The maximum Gasteiger partial charge on any atom is 0.233 e. The Hall–Kier alpha value is -4.29. The van der Waals surface area contributed by atoms with Crippen LogP contribution in [0.1, 0.15) is 15.9 Å². The van der Waals surface area contributed by atoms with Gasteiger partial charge in [0, 0.05) is 33.3 Å². The van der Waals surface area contributed by atoms with Crippen molar-refractivity contribution < 1.29 is 4.79 Å². The Balaban J connectivity index is 1.43. The fourth-order valence-corrected chi connectivity index (χ4v) is 4.38.